The number of imide groups is 1. The summed E-state index contributed by atoms with van der Waals surface area (Å²) in [6.45, 7) is -0.128. The standard InChI is InChI=1S/C23H20N6O6S2/c1-34-17-9-14(7-8-16(17)35-20(31)10-18-21(32)26-22(33)37-18)11-24-27-19(30)12-29-23(36)28(13-25-29)15-5-3-2-4-6-15/h2-9,11,13,18H,10,12H2,1H3,(H,27,30)(H,26,32,33)/b24-11-/t18-/m1/s1. The molecule has 2 heterocycles. The van der Waals surface area contributed by atoms with Crippen molar-refractivity contribution < 1.29 is 28.7 Å². The van der Waals surface area contributed by atoms with Gasteiger partial charge in [-0.25, -0.2) is 10.1 Å². The molecular formula is C23H20N6O6S2. The zero-order valence-electron chi connectivity index (χ0n) is 19.3. The first-order chi connectivity index (χ1) is 17.8. The van der Waals surface area contributed by atoms with Crippen molar-refractivity contribution >= 4 is 53.2 Å². The van der Waals surface area contributed by atoms with Gasteiger partial charge in [-0.15, -0.1) is 0 Å². The van der Waals surface area contributed by atoms with E-state index in [0.717, 1.165) is 17.4 Å². The third kappa shape index (κ3) is 6.48. The van der Waals surface area contributed by atoms with E-state index >= 15 is 0 Å². The fourth-order valence-corrected chi connectivity index (χ4v) is 4.32. The van der Waals surface area contributed by atoms with E-state index in [1.165, 1.54) is 30.4 Å². The summed E-state index contributed by atoms with van der Waals surface area (Å²) in [5.74, 6) is -1.29. The van der Waals surface area contributed by atoms with Crippen LogP contribution in [0.5, 0.6) is 11.5 Å². The maximum absolute atomic E-state index is 12.3. The molecule has 0 spiro atoms. The van der Waals surface area contributed by atoms with Crippen molar-refractivity contribution in [2.24, 2.45) is 5.10 Å². The second kappa shape index (κ2) is 11.6. The topological polar surface area (TPSA) is 146 Å². The number of aromatic nitrogens is 3. The lowest BCUT2D eigenvalue weighted by molar-refractivity contribution is -0.136. The normalized spacial score (nSPS) is 15.0. The lowest BCUT2D eigenvalue weighted by Crippen LogP contribution is -2.27. The highest BCUT2D eigenvalue weighted by Gasteiger charge is 2.34. The SMILES string of the molecule is COc1cc(/C=N\NC(=O)Cn2ncn(-c3ccccc3)c2=S)ccc1OC(=O)C[C@H]1SC(=O)NC1=O. The number of para-hydroxylation sites is 1. The van der Waals surface area contributed by atoms with E-state index in [2.05, 4.69) is 20.9 Å². The minimum absolute atomic E-state index is 0.128. The lowest BCUT2D eigenvalue weighted by Gasteiger charge is -2.10. The van der Waals surface area contributed by atoms with Gasteiger partial charge in [0.2, 0.25) is 10.7 Å². The summed E-state index contributed by atoms with van der Waals surface area (Å²) >= 11 is 6.14. The zero-order valence-corrected chi connectivity index (χ0v) is 21.0. The van der Waals surface area contributed by atoms with Gasteiger partial charge in [0.25, 0.3) is 11.1 Å². The van der Waals surface area contributed by atoms with Crippen molar-refractivity contribution in [1.29, 1.82) is 0 Å². The zero-order chi connectivity index (χ0) is 26.4. The van der Waals surface area contributed by atoms with Crippen molar-refractivity contribution in [1.82, 2.24) is 25.1 Å². The van der Waals surface area contributed by atoms with E-state index in [4.69, 9.17) is 21.7 Å². The number of carbonyl (C=O) groups is 4. The maximum Gasteiger partial charge on any atom is 0.312 e. The summed E-state index contributed by atoms with van der Waals surface area (Å²) in [7, 11) is 1.40. The van der Waals surface area contributed by atoms with Gasteiger partial charge in [-0.05, 0) is 48.1 Å². The molecule has 1 aromatic heterocycles. The first-order valence-corrected chi connectivity index (χ1v) is 12.0. The number of benzene rings is 2. The van der Waals surface area contributed by atoms with Crippen molar-refractivity contribution in [3.63, 3.8) is 0 Å². The number of methoxy groups -OCH3 is 1. The smallest absolute Gasteiger partial charge is 0.312 e. The molecule has 1 aliphatic heterocycles. The molecule has 0 aliphatic carbocycles. The number of hydrogen-bond donors (Lipinski definition) is 2. The Kier molecular flexibility index (Phi) is 8.10. The van der Waals surface area contributed by atoms with Crippen LogP contribution in [-0.2, 0) is 20.9 Å². The van der Waals surface area contributed by atoms with Crippen LogP contribution in [-0.4, -0.2) is 55.9 Å². The maximum atomic E-state index is 12.3. The molecular weight excluding hydrogens is 520 g/mol. The number of esters is 1. The van der Waals surface area contributed by atoms with Crippen LogP contribution >= 0.6 is 24.0 Å². The van der Waals surface area contributed by atoms with E-state index in [1.807, 2.05) is 30.3 Å². The Bertz CT molecular complexity index is 1430. The monoisotopic (exact) mass is 540 g/mol. The van der Waals surface area contributed by atoms with Gasteiger partial charge < -0.3 is 9.47 Å². The number of ether oxygens (including phenoxy) is 2. The molecule has 190 valence electrons. The minimum atomic E-state index is -0.831. The quantitative estimate of drug-likeness (QED) is 0.137. The molecule has 1 aliphatic rings. The summed E-state index contributed by atoms with van der Waals surface area (Å²) in [6, 6.07) is 14.0. The summed E-state index contributed by atoms with van der Waals surface area (Å²) in [6.07, 6.45) is 2.66. The van der Waals surface area contributed by atoms with Crippen molar-refractivity contribution in [2.75, 3.05) is 7.11 Å². The Morgan fingerprint density at radius 3 is 2.70 bits per heavy atom. The molecule has 14 heteroatoms. The number of carbonyl (C=O) groups excluding carboxylic acids is 4. The Morgan fingerprint density at radius 1 is 1.22 bits per heavy atom. The van der Waals surface area contributed by atoms with Crippen LogP contribution in [0.2, 0.25) is 0 Å². The Balaban J connectivity index is 1.33. The fourth-order valence-electron chi connectivity index (χ4n) is 3.25. The predicted molar refractivity (Wildman–Crippen MR) is 136 cm³/mol. The van der Waals surface area contributed by atoms with Gasteiger partial charge in [0, 0.05) is 5.69 Å². The average molecular weight is 541 g/mol. The fraction of sp³-hybridized carbons (Fsp3) is 0.174. The second-order valence-electron chi connectivity index (χ2n) is 7.54. The van der Waals surface area contributed by atoms with E-state index in [0.29, 0.717) is 10.3 Å². The molecule has 1 fully saturated rings. The van der Waals surface area contributed by atoms with Crippen LogP contribution in [0.15, 0.2) is 60.0 Å². The molecule has 1 saturated heterocycles. The van der Waals surface area contributed by atoms with E-state index in [-0.39, 0.29) is 24.5 Å². The number of nitrogens with one attached hydrogen (secondary N) is 2. The molecule has 3 aromatic rings. The van der Waals surface area contributed by atoms with Gasteiger partial charge in [-0.2, -0.15) is 10.2 Å². The number of nitrogens with zero attached hydrogens (tertiary/aromatic N) is 4. The van der Waals surface area contributed by atoms with Crippen LogP contribution in [0, 0.1) is 4.77 Å². The van der Waals surface area contributed by atoms with Gasteiger partial charge >= 0.3 is 5.97 Å². The first-order valence-electron chi connectivity index (χ1n) is 10.8. The van der Waals surface area contributed by atoms with Crippen molar-refractivity contribution in [3.8, 4) is 17.2 Å². The molecule has 2 N–H and O–H groups in total. The first kappa shape index (κ1) is 25.8. The Labute approximate surface area is 219 Å². The number of hydrazone groups is 1. The van der Waals surface area contributed by atoms with Gasteiger partial charge in [0.1, 0.15) is 18.1 Å². The minimum Gasteiger partial charge on any atom is -0.493 e. The lowest BCUT2D eigenvalue weighted by atomic mass is 10.2. The van der Waals surface area contributed by atoms with Crippen molar-refractivity contribution in [3.05, 3.63) is 65.2 Å². The van der Waals surface area contributed by atoms with Crippen LogP contribution in [0.4, 0.5) is 4.79 Å². The van der Waals surface area contributed by atoms with Crippen molar-refractivity contribution in [2.45, 2.75) is 18.2 Å². The molecule has 37 heavy (non-hydrogen) atoms. The highest BCUT2D eigenvalue weighted by molar-refractivity contribution is 8.15. The molecule has 4 rings (SSSR count). The Morgan fingerprint density at radius 2 is 2.00 bits per heavy atom. The average Bonchev–Trinajstić information content (AvgIpc) is 3.40. The third-order valence-electron chi connectivity index (χ3n) is 4.99. The summed E-state index contributed by atoms with van der Waals surface area (Å²) in [4.78, 5) is 47.4. The molecule has 0 bridgehead atoms. The highest BCUT2D eigenvalue weighted by atomic mass is 32.2. The number of amides is 3. The summed E-state index contributed by atoms with van der Waals surface area (Å²) in [5.41, 5.74) is 3.79. The van der Waals surface area contributed by atoms with Crippen LogP contribution in [0.25, 0.3) is 5.69 Å². The van der Waals surface area contributed by atoms with Crippen LogP contribution < -0.4 is 20.2 Å². The highest BCUT2D eigenvalue weighted by Crippen LogP contribution is 2.29. The predicted octanol–water partition coefficient (Wildman–Crippen LogP) is 2.21. The third-order valence-corrected chi connectivity index (χ3v) is 6.38. The van der Waals surface area contributed by atoms with E-state index < -0.39 is 28.3 Å². The van der Waals surface area contributed by atoms with E-state index in [9.17, 15) is 19.2 Å². The Hall–Kier alpha value is -4.30. The molecule has 0 saturated carbocycles. The van der Waals surface area contributed by atoms with Crippen LogP contribution in [0.3, 0.4) is 0 Å². The molecule has 12 nitrogen and oxygen atoms in total. The number of hydrogen-bond acceptors (Lipinski definition) is 10. The van der Waals surface area contributed by atoms with Gasteiger partial charge in [-0.1, -0.05) is 30.0 Å². The molecule has 3 amide bonds. The summed E-state index contributed by atoms with van der Waals surface area (Å²) < 4.78 is 14.0. The van der Waals surface area contributed by atoms with Gasteiger partial charge in [0.05, 0.1) is 19.7 Å². The largest absolute Gasteiger partial charge is 0.493 e. The molecule has 2 aromatic carbocycles. The molecule has 0 radical (unpaired) electrons. The number of rotatable bonds is 9. The molecule has 0 unspecified atom stereocenters. The molecule has 1 atom stereocenters. The van der Waals surface area contributed by atoms with Gasteiger partial charge in [0.15, 0.2) is 11.5 Å². The van der Waals surface area contributed by atoms with Gasteiger partial charge in [-0.3, -0.25) is 29.1 Å². The van der Waals surface area contributed by atoms with Crippen LogP contribution in [0.1, 0.15) is 12.0 Å². The number of thioether (sulfide) groups is 1. The summed E-state index contributed by atoms with van der Waals surface area (Å²) in [5, 5.41) is 8.88. The van der Waals surface area contributed by atoms with E-state index in [1.54, 1.807) is 16.7 Å². The second-order valence-corrected chi connectivity index (χ2v) is 9.08.